The van der Waals surface area contributed by atoms with Gasteiger partial charge < -0.3 is 15.0 Å². The lowest BCUT2D eigenvalue weighted by atomic mass is 9.86. The SMILES string of the molecule is C[C@@H]1CCCC[C@H]1NCc1c(C(=O)O)n(Cc2ccccc2)c2ccccc12. The van der Waals surface area contributed by atoms with Crippen molar-refractivity contribution >= 4 is 16.9 Å². The summed E-state index contributed by atoms with van der Waals surface area (Å²) in [6.07, 6.45) is 4.98. The molecule has 4 nitrogen and oxygen atoms in total. The number of fused-ring (bicyclic) bond motifs is 1. The molecule has 0 unspecified atom stereocenters. The molecule has 4 rings (SSSR count). The molecule has 2 aromatic carbocycles. The summed E-state index contributed by atoms with van der Waals surface area (Å²) in [5.74, 6) is -0.222. The Balaban J connectivity index is 1.72. The van der Waals surface area contributed by atoms with Crippen molar-refractivity contribution in [2.45, 2.75) is 51.7 Å². The lowest BCUT2D eigenvalue weighted by Crippen LogP contribution is -2.37. The minimum Gasteiger partial charge on any atom is -0.477 e. The van der Waals surface area contributed by atoms with Gasteiger partial charge in [-0.3, -0.25) is 0 Å². The van der Waals surface area contributed by atoms with Crippen LogP contribution in [0.2, 0.25) is 0 Å². The molecule has 1 heterocycles. The van der Waals surface area contributed by atoms with Crippen molar-refractivity contribution in [2.24, 2.45) is 5.92 Å². The molecule has 0 aliphatic heterocycles. The van der Waals surface area contributed by atoms with Gasteiger partial charge in [-0.05, 0) is 30.4 Å². The average Bonchev–Trinajstić information content (AvgIpc) is 3.02. The normalized spacial score (nSPS) is 19.8. The highest BCUT2D eigenvalue weighted by molar-refractivity contribution is 5.98. The van der Waals surface area contributed by atoms with Crippen LogP contribution in [0.5, 0.6) is 0 Å². The molecule has 2 N–H and O–H groups in total. The molecule has 3 aromatic rings. The first-order valence-electron chi connectivity index (χ1n) is 10.3. The molecule has 0 radical (unpaired) electrons. The summed E-state index contributed by atoms with van der Waals surface area (Å²) in [5, 5.41) is 14.8. The lowest BCUT2D eigenvalue weighted by molar-refractivity contribution is 0.0684. The molecule has 0 saturated heterocycles. The number of para-hydroxylation sites is 1. The van der Waals surface area contributed by atoms with Crippen molar-refractivity contribution in [3.8, 4) is 0 Å². The number of aromatic nitrogens is 1. The van der Waals surface area contributed by atoms with Gasteiger partial charge in [-0.25, -0.2) is 4.79 Å². The maximum absolute atomic E-state index is 12.3. The molecule has 1 fully saturated rings. The molecule has 28 heavy (non-hydrogen) atoms. The Labute approximate surface area is 166 Å². The molecular weight excluding hydrogens is 348 g/mol. The topological polar surface area (TPSA) is 54.3 Å². The maximum Gasteiger partial charge on any atom is 0.352 e. The van der Waals surface area contributed by atoms with Gasteiger partial charge >= 0.3 is 5.97 Å². The van der Waals surface area contributed by atoms with Gasteiger partial charge in [-0.1, -0.05) is 68.3 Å². The summed E-state index contributed by atoms with van der Waals surface area (Å²) in [6, 6.07) is 18.6. The third-order valence-electron chi connectivity index (χ3n) is 6.11. The van der Waals surface area contributed by atoms with Crippen LogP contribution in [0.1, 0.15) is 54.2 Å². The fraction of sp³-hybridized carbons (Fsp3) is 0.375. The van der Waals surface area contributed by atoms with Gasteiger partial charge in [-0.2, -0.15) is 0 Å². The minimum absolute atomic E-state index is 0.404. The number of carboxylic acid groups (broad SMARTS) is 1. The first-order valence-corrected chi connectivity index (χ1v) is 10.3. The Bertz CT molecular complexity index is 961. The molecule has 1 aromatic heterocycles. The molecule has 4 heteroatoms. The van der Waals surface area contributed by atoms with Gasteiger partial charge in [0.25, 0.3) is 0 Å². The van der Waals surface area contributed by atoms with Crippen molar-refractivity contribution in [3.05, 3.63) is 71.4 Å². The molecular formula is C24H28N2O2. The highest BCUT2D eigenvalue weighted by atomic mass is 16.4. The van der Waals surface area contributed by atoms with Crippen LogP contribution in [0, 0.1) is 5.92 Å². The number of nitrogens with one attached hydrogen (secondary N) is 1. The molecule has 1 aliphatic carbocycles. The third kappa shape index (κ3) is 3.69. The fourth-order valence-corrected chi connectivity index (χ4v) is 4.58. The van der Waals surface area contributed by atoms with E-state index in [1.807, 2.05) is 59.2 Å². The van der Waals surface area contributed by atoms with Crippen LogP contribution in [0.3, 0.4) is 0 Å². The molecule has 1 aliphatic rings. The smallest absolute Gasteiger partial charge is 0.352 e. The van der Waals surface area contributed by atoms with E-state index in [0.717, 1.165) is 22.0 Å². The van der Waals surface area contributed by atoms with E-state index >= 15 is 0 Å². The number of rotatable bonds is 6. The first-order chi connectivity index (χ1) is 13.6. The summed E-state index contributed by atoms with van der Waals surface area (Å²) >= 11 is 0. The largest absolute Gasteiger partial charge is 0.477 e. The van der Waals surface area contributed by atoms with Gasteiger partial charge in [0.15, 0.2) is 0 Å². The van der Waals surface area contributed by atoms with Crippen LogP contribution in [-0.2, 0) is 13.1 Å². The van der Waals surface area contributed by atoms with E-state index in [9.17, 15) is 9.90 Å². The molecule has 0 amide bonds. The van der Waals surface area contributed by atoms with E-state index in [4.69, 9.17) is 0 Å². The average molecular weight is 377 g/mol. The molecule has 0 bridgehead atoms. The summed E-state index contributed by atoms with van der Waals surface area (Å²) < 4.78 is 1.95. The molecule has 0 spiro atoms. The summed E-state index contributed by atoms with van der Waals surface area (Å²) in [6.45, 7) is 3.45. The van der Waals surface area contributed by atoms with Crippen molar-refractivity contribution in [1.82, 2.24) is 9.88 Å². The second-order valence-electron chi connectivity index (χ2n) is 7.97. The maximum atomic E-state index is 12.3. The van der Waals surface area contributed by atoms with E-state index in [0.29, 0.717) is 30.7 Å². The zero-order valence-electron chi connectivity index (χ0n) is 16.4. The van der Waals surface area contributed by atoms with E-state index in [1.54, 1.807) is 0 Å². The lowest BCUT2D eigenvalue weighted by Gasteiger charge is -2.29. The number of nitrogens with zero attached hydrogens (tertiary/aromatic N) is 1. The summed E-state index contributed by atoms with van der Waals surface area (Å²) in [5.41, 5.74) is 3.39. The third-order valence-corrected chi connectivity index (χ3v) is 6.11. The van der Waals surface area contributed by atoms with Gasteiger partial charge in [0.05, 0.1) is 0 Å². The predicted octanol–water partition coefficient (Wildman–Crippen LogP) is 5.06. The van der Waals surface area contributed by atoms with Gasteiger partial charge in [0.1, 0.15) is 5.69 Å². The van der Waals surface area contributed by atoms with Crippen LogP contribution in [-0.4, -0.2) is 21.7 Å². The van der Waals surface area contributed by atoms with Crippen LogP contribution >= 0.6 is 0 Å². The van der Waals surface area contributed by atoms with Crippen molar-refractivity contribution in [2.75, 3.05) is 0 Å². The van der Waals surface area contributed by atoms with E-state index in [-0.39, 0.29) is 0 Å². The second-order valence-corrected chi connectivity index (χ2v) is 7.97. The second kappa shape index (κ2) is 8.19. The number of hydrogen-bond donors (Lipinski definition) is 2. The van der Waals surface area contributed by atoms with E-state index in [2.05, 4.69) is 12.2 Å². The Kier molecular flexibility index (Phi) is 5.49. The quantitative estimate of drug-likeness (QED) is 0.632. The monoisotopic (exact) mass is 376 g/mol. The van der Waals surface area contributed by atoms with Crippen molar-refractivity contribution in [3.63, 3.8) is 0 Å². The number of carbonyl (C=O) groups is 1. The number of benzene rings is 2. The Morgan fingerprint density at radius 2 is 1.79 bits per heavy atom. The highest BCUT2D eigenvalue weighted by Gasteiger charge is 2.25. The zero-order valence-corrected chi connectivity index (χ0v) is 16.4. The zero-order chi connectivity index (χ0) is 19.5. The number of aromatic carboxylic acids is 1. The van der Waals surface area contributed by atoms with E-state index < -0.39 is 5.97 Å². The number of hydrogen-bond acceptors (Lipinski definition) is 2. The number of carboxylic acids is 1. The van der Waals surface area contributed by atoms with Gasteiger partial charge in [0.2, 0.25) is 0 Å². The summed E-state index contributed by atoms with van der Waals surface area (Å²) in [7, 11) is 0. The van der Waals surface area contributed by atoms with Crippen LogP contribution in [0.25, 0.3) is 10.9 Å². The first kappa shape index (κ1) is 18.8. The van der Waals surface area contributed by atoms with E-state index in [1.165, 1.54) is 25.7 Å². The fourth-order valence-electron chi connectivity index (χ4n) is 4.58. The minimum atomic E-state index is -0.861. The molecule has 1 saturated carbocycles. The molecule has 146 valence electrons. The predicted molar refractivity (Wildman–Crippen MR) is 113 cm³/mol. The standard InChI is InChI=1S/C24H28N2O2/c1-17-9-5-7-13-21(17)25-15-20-19-12-6-8-14-22(19)26(23(20)24(27)28)16-18-10-3-2-4-11-18/h2-4,6,8,10-12,14,17,21,25H,5,7,9,13,15-16H2,1H3,(H,27,28)/t17-,21-/m1/s1. The Morgan fingerprint density at radius 3 is 2.54 bits per heavy atom. The Morgan fingerprint density at radius 1 is 1.07 bits per heavy atom. The van der Waals surface area contributed by atoms with Gasteiger partial charge in [0, 0.05) is 35.6 Å². The van der Waals surface area contributed by atoms with Crippen molar-refractivity contribution < 1.29 is 9.90 Å². The van der Waals surface area contributed by atoms with Crippen molar-refractivity contribution in [1.29, 1.82) is 0 Å². The van der Waals surface area contributed by atoms with Crippen LogP contribution in [0.15, 0.2) is 54.6 Å². The molecule has 2 atom stereocenters. The van der Waals surface area contributed by atoms with Crippen LogP contribution in [0.4, 0.5) is 0 Å². The Hall–Kier alpha value is -2.59. The summed E-state index contributed by atoms with van der Waals surface area (Å²) in [4.78, 5) is 12.3. The van der Waals surface area contributed by atoms with Crippen LogP contribution < -0.4 is 5.32 Å². The highest BCUT2D eigenvalue weighted by Crippen LogP contribution is 2.29. The van der Waals surface area contributed by atoms with Gasteiger partial charge in [-0.15, -0.1) is 0 Å².